The Morgan fingerprint density at radius 3 is 2.78 bits per heavy atom. The first-order valence-corrected chi connectivity index (χ1v) is 5.64. The van der Waals surface area contributed by atoms with Gasteiger partial charge < -0.3 is 5.32 Å². The van der Waals surface area contributed by atoms with Gasteiger partial charge in [0.2, 0.25) is 0 Å². The molecule has 1 heterocycles. The van der Waals surface area contributed by atoms with Gasteiger partial charge in [-0.15, -0.1) is 0 Å². The van der Waals surface area contributed by atoms with Crippen LogP contribution in [0.4, 0.5) is 17.1 Å². The standard InChI is InChI=1S/C12H14N4O2/c1-3-15-8-11(7-13-15)14-10-4-5-12(16(17)18)9(2)6-10/h4-8,14H,3H2,1-2H3. The number of anilines is 2. The number of aromatic nitrogens is 2. The number of nitrogens with zero attached hydrogens (tertiary/aromatic N) is 3. The van der Waals surface area contributed by atoms with Crippen LogP contribution in [0.2, 0.25) is 0 Å². The van der Waals surface area contributed by atoms with E-state index in [4.69, 9.17) is 0 Å². The number of rotatable bonds is 4. The number of nitro groups is 1. The summed E-state index contributed by atoms with van der Waals surface area (Å²) in [7, 11) is 0. The number of hydrogen-bond acceptors (Lipinski definition) is 4. The highest BCUT2D eigenvalue weighted by atomic mass is 16.6. The molecule has 0 saturated heterocycles. The molecule has 0 unspecified atom stereocenters. The van der Waals surface area contributed by atoms with E-state index >= 15 is 0 Å². The summed E-state index contributed by atoms with van der Waals surface area (Å²) in [5, 5.41) is 18.0. The van der Waals surface area contributed by atoms with Crippen LogP contribution in [0, 0.1) is 17.0 Å². The zero-order valence-electron chi connectivity index (χ0n) is 10.3. The van der Waals surface area contributed by atoms with Crippen molar-refractivity contribution < 1.29 is 4.92 Å². The van der Waals surface area contributed by atoms with Crippen LogP contribution in [0.1, 0.15) is 12.5 Å². The Morgan fingerprint density at radius 1 is 1.44 bits per heavy atom. The fourth-order valence-corrected chi connectivity index (χ4v) is 1.71. The van der Waals surface area contributed by atoms with E-state index in [1.807, 2.05) is 13.1 Å². The highest BCUT2D eigenvalue weighted by molar-refractivity contribution is 5.61. The molecule has 0 amide bonds. The maximum Gasteiger partial charge on any atom is 0.272 e. The van der Waals surface area contributed by atoms with Gasteiger partial charge >= 0.3 is 0 Å². The van der Waals surface area contributed by atoms with Crippen molar-refractivity contribution in [3.63, 3.8) is 0 Å². The molecule has 0 fully saturated rings. The van der Waals surface area contributed by atoms with Gasteiger partial charge in [0.05, 0.1) is 16.8 Å². The molecule has 0 bridgehead atoms. The first kappa shape index (κ1) is 12.1. The Bertz CT molecular complexity index is 577. The molecular formula is C12H14N4O2. The molecule has 0 saturated carbocycles. The monoisotopic (exact) mass is 246 g/mol. The van der Waals surface area contributed by atoms with E-state index < -0.39 is 0 Å². The van der Waals surface area contributed by atoms with Gasteiger partial charge in [-0.25, -0.2) is 0 Å². The molecule has 0 spiro atoms. The fourth-order valence-electron chi connectivity index (χ4n) is 1.71. The lowest BCUT2D eigenvalue weighted by Crippen LogP contribution is -1.95. The molecule has 0 aliphatic rings. The zero-order valence-corrected chi connectivity index (χ0v) is 10.3. The molecule has 2 aromatic rings. The zero-order chi connectivity index (χ0) is 13.1. The second-order valence-electron chi connectivity index (χ2n) is 3.97. The van der Waals surface area contributed by atoms with Crippen molar-refractivity contribution in [1.29, 1.82) is 0 Å². The van der Waals surface area contributed by atoms with Gasteiger partial charge in [-0.1, -0.05) is 0 Å². The molecular weight excluding hydrogens is 232 g/mol. The van der Waals surface area contributed by atoms with Crippen molar-refractivity contribution in [2.24, 2.45) is 0 Å². The fraction of sp³-hybridized carbons (Fsp3) is 0.250. The van der Waals surface area contributed by atoms with Crippen LogP contribution in [0.5, 0.6) is 0 Å². The number of aryl methyl sites for hydroxylation is 2. The minimum absolute atomic E-state index is 0.129. The van der Waals surface area contributed by atoms with Crippen molar-refractivity contribution in [3.05, 3.63) is 46.3 Å². The Labute approximate surface area is 104 Å². The van der Waals surface area contributed by atoms with Crippen molar-refractivity contribution in [3.8, 4) is 0 Å². The van der Waals surface area contributed by atoms with Crippen LogP contribution in [0.3, 0.4) is 0 Å². The van der Waals surface area contributed by atoms with Crippen LogP contribution < -0.4 is 5.32 Å². The summed E-state index contributed by atoms with van der Waals surface area (Å²) >= 11 is 0. The molecule has 1 aromatic heterocycles. The van der Waals surface area contributed by atoms with Gasteiger partial charge in [0, 0.05) is 30.1 Å². The van der Waals surface area contributed by atoms with E-state index in [1.54, 1.807) is 29.9 Å². The van der Waals surface area contributed by atoms with E-state index in [0.717, 1.165) is 17.9 Å². The van der Waals surface area contributed by atoms with Gasteiger partial charge in [0.1, 0.15) is 0 Å². The van der Waals surface area contributed by atoms with Crippen LogP contribution in [0.15, 0.2) is 30.6 Å². The third-order valence-corrected chi connectivity index (χ3v) is 2.64. The van der Waals surface area contributed by atoms with E-state index in [2.05, 4.69) is 10.4 Å². The van der Waals surface area contributed by atoms with Crippen LogP contribution >= 0.6 is 0 Å². The average Bonchev–Trinajstić information content (AvgIpc) is 2.76. The molecule has 0 aliphatic heterocycles. The maximum atomic E-state index is 10.7. The molecule has 0 atom stereocenters. The quantitative estimate of drug-likeness (QED) is 0.665. The first-order valence-electron chi connectivity index (χ1n) is 5.64. The van der Waals surface area contributed by atoms with Crippen LogP contribution in [-0.2, 0) is 6.54 Å². The number of hydrogen-bond donors (Lipinski definition) is 1. The SMILES string of the molecule is CCn1cc(Nc2ccc([N+](=O)[O-])c(C)c2)cn1. The molecule has 94 valence electrons. The predicted octanol–water partition coefficient (Wildman–Crippen LogP) is 2.86. The van der Waals surface area contributed by atoms with Gasteiger partial charge in [0.25, 0.3) is 5.69 Å². The van der Waals surface area contributed by atoms with Gasteiger partial charge in [-0.2, -0.15) is 5.10 Å². The summed E-state index contributed by atoms with van der Waals surface area (Å²) < 4.78 is 1.81. The summed E-state index contributed by atoms with van der Waals surface area (Å²) in [6.07, 6.45) is 3.61. The number of nitrogens with one attached hydrogen (secondary N) is 1. The Hall–Kier alpha value is -2.37. The van der Waals surface area contributed by atoms with E-state index in [1.165, 1.54) is 6.07 Å². The Morgan fingerprint density at radius 2 is 2.22 bits per heavy atom. The normalized spacial score (nSPS) is 10.3. The predicted molar refractivity (Wildman–Crippen MR) is 69.0 cm³/mol. The smallest absolute Gasteiger partial charge is 0.272 e. The molecule has 18 heavy (non-hydrogen) atoms. The van der Waals surface area contributed by atoms with E-state index in [-0.39, 0.29) is 10.6 Å². The highest BCUT2D eigenvalue weighted by Gasteiger charge is 2.10. The van der Waals surface area contributed by atoms with Crippen LogP contribution in [0.25, 0.3) is 0 Å². The Kier molecular flexibility index (Phi) is 3.27. The van der Waals surface area contributed by atoms with Crippen LogP contribution in [-0.4, -0.2) is 14.7 Å². The lowest BCUT2D eigenvalue weighted by Gasteiger charge is -2.04. The maximum absolute atomic E-state index is 10.7. The highest BCUT2D eigenvalue weighted by Crippen LogP contribution is 2.23. The summed E-state index contributed by atoms with van der Waals surface area (Å²) in [5.74, 6) is 0. The topological polar surface area (TPSA) is 73.0 Å². The molecule has 0 radical (unpaired) electrons. The summed E-state index contributed by atoms with van der Waals surface area (Å²) in [4.78, 5) is 10.3. The Balaban J connectivity index is 2.19. The third-order valence-electron chi connectivity index (χ3n) is 2.64. The summed E-state index contributed by atoms with van der Waals surface area (Å²) in [6.45, 7) is 4.53. The van der Waals surface area contributed by atoms with E-state index in [0.29, 0.717) is 5.56 Å². The molecule has 6 nitrogen and oxygen atoms in total. The minimum Gasteiger partial charge on any atom is -0.353 e. The summed E-state index contributed by atoms with van der Waals surface area (Å²) in [6, 6.07) is 4.94. The number of nitro benzene ring substituents is 1. The van der Waals surface area contributed by atoms with Gasteiger partial charge in [-0.3, -0.25) is 14.8 Å². The molecule has 1 N–H and O–H groups in total. The largest absolute Gasteiger partial charge is 0.353 e. The number of benzene rings is 1. The molecule has 6 heteroatoms. The second-order valence-corrected chi connectivity index (χ2v) is 3.97. The first-order chi connectivity index (χ1) is 8.60. The van der Waals surface area contributed by atoms with Crippen molar-refractivity contribution >= 4 is 17.1 Å². The lowest BCUT2D eigenvalue weighted by atomic mass is 10.2. The molecule has 0 aliphatic carbocycles. The van der Waals surface area contributed by atoms with E-state index in [9.17, 15) is 10.1 Å². The summed E-state index contributed by atoms with van der Waals surface area (Å²) in [5.41, 5.74) is 2.44. The van der Waals surface area contributed by atoms with Gasteiger partial charge in [-0.05, 0) is 26.0 Å². The lowest BCUT2D eigenvalue weighted by molar-refractivity contribution is -0.385. The minimum atomic E-state index is -0.381. The van der Waals surface area contributed by atoms with Crippen molar-refractivity contribution in [2.45, 2.75) is 20.4 Å². The third kappa shape index (κ3) is 2.48. The average molecular weight is 246 g/mol. The molecule has 1 aromatic carbocycles. The molecule has 2 rings (SSSR count). The van der Waals surface area contributed by atoms with Gasteiger partial charge in [0.15, 0.2) is 0 Å². The van der Waals surface area contributed by atoms with Crippen molar-refractivity contribution in [2.75, 3.05) is 5.32 Å². The van der Waals surface area contributed by atoms with Crippen molar-refractivity contribution in [1.82, 2.24) is 9.78 Å². The second kappa shape index (κ2) is 4.87.